The van der Waals surface area contributed by atoms with Crippen LogP contribution in [0, 0.1) is 0 Å². The maximum absolute atomic E-state index is 12.4. The van der Waals surface area contributed by atoms with Gasteiger partial charge in [-0.05, 0) is 23.8 Å². The van der Waals surface area contributed by atoms with Crippen molar-refractivity contribution in [2.45, 2.75) is 16.4 Å². The number of halogens is 4. The smallest absolute Gasteiger partial charge is 0.225 e. The van der Waals surface area contributed by atoms with E-state index in [1.165, 1.54) is 0 Å². The minimum absolute atomic E-state index is 0.111. The van der Waals surface area contributed by atoms with Crippen LogP contribution in [0.1, 0.15) is 11.1 Å². The maximum atomic E-state index is 12.4. The molecule has 2 N–H and O–H groups in total. The lowest BCUT2D eigenvalue weighted by Gasteiger charge is -2.10. The number of primary sulfonamides is 1. The molecule has 0 aliphatic rings. The molecule has 3 nitrogen and oxygen atoms in total. The number of rotatable bonds is 2. The Hall–Kier alpha value is -0.600. The van der Waals surface area contributed by atoms with E-state index in [-0.39, 0.29) is 10.9 Å². The molecule has 1 aromatic carbocycles. The molecule has 16 heavy (non-hydrogen) atoms. The molecule has 1 rings (SSSR count). The monoisotopic (exact) mass is 317 g/mol. The van der Waals surface area contributed by atoms with Gasteiger partial charge in [0.2, 0.25) is 10.0 Å². The van der Waals surface area contributed by atoms with Gasteiger partial charge in [-0.2, -0.15) is 13.2 Å². The van der Waals surface area contributed by atoms with Gasteiger partial charge in [0.25, 0.3) is 0 Å². The molecule has 0 spiro atoms. The van der Waals surface area contributed by atoms with Gasteiger partial charge in [-0.3, -0.25) is 0 Å². The van der Waals surface area contributed by atoms with E-state index < -0.39 is 26.7 Å². The van der Waals surface area contributed by atoms with E-state index in [0.717, 1.165) is 12.1 Å². The average molecular weight is 318 g/mol. The molecule has 0 aliphatic carbocycles. The number of nitrogens with two attached hydrogens (primary N) is 1. The lowest BCUT2D eigenvalue weighted by atomic mass is 10.1. The third-order valence-corrected chi connectivity index (χ3v) is 3.32. The van der Waals surface area contributed by atoms with Crippen molar-refractivity contribution >= 4 is 26.0 Å². The van der Waals surface area contributed by atoms with Gasteiger partial charge in [0.1, 0.15) is 0 Å². The summed E-state index contributed by atoms with van der Waals surface area (Å²) in [5, 5.41) is 4.89. The highest BCUT2D eigenvalue weighted by Gasteiger charge is 2.32. The third-order valence-electron chi connectivity index (χ3n) is 1.78. The average Bonchev–Trinajstić information content (AvgIpc) is 2.14. The fraction of sp³-hybridized carbons (Fsp3) is 0.250. The second-order valence-electron chi connectivity index (χ2n) is 3.04. The van der Waals surface area contributed by atoms with Crippen LogP contribution in [0.2, 0.25) is 0 Å². The van der Waals surface area contributed by atoms with Crippen LogP contribution in [-0.2, 0) is 21.5 Å². The highest BCUT2D eigenvalue weighted by molar-refractivity contribution is 9.08. The zero-order valence-corrected chi connectivity index (χ0v) is 10.2. The normalized spacial score (nSPS) is 12.8. The molecule has 0 unspecified atom stereocenters. The summed E-state index contributed by atoms with van der Waals surface area (Å²) in [5.74, 6) is 0. The Bertz CT molecular complexity index is 498. The van der Waals surface area contributed by atoms with Gasteiger partial charge < -0.3 is 0 Å². The standard InChI is InChI=1S/C8H7BrF3NO2S/c9-4-5-1-6(8(10,11)12)3-7(2-5)16(13,14)15/h1-3H,4H2,(H2,13,14,15). The molecule has 0 saturated heterocycles. The number of hydrogen-bond donors (Lipinski definition) is 1. The van der Waals surface area contributed by atoms with E-state index in [2.05, 4.69) is 15.9 Å². The predicted molar refractivity (Wildman–Crippen MR) is 55.4 cm³/mol. The minimum Gasteiger partial charge on any atom is -0.225 e. The number of sulfonamides is 1. The molecule has 8 heteroatoms. The highest BCUT2D eigenvalue weighted by atomic mass is 79.9. The largest absolute Gasteiger partial charge is 0.416 e. The van der Waals surface area contributed by atoms with Gasteiger partial charge in [0.15, 0.2) is 0 Å². The second kappa shape index (κ2) is 4.34. The molecule has 0 radical (unpaired) electrons. The second-order valence-corrected chi connectivity index (χ2v) is 5.16. The van der Waals surface area contributed by atoms with Crippen molar-refractivity contribution < 1.29 is 21.6 Å². The van der Waals surface area contributed by atoms with Gasteiger partial charge >= 0.3 is 6.18 Å². The highest BCUT2D eigenvalue weighted by Crippen LogP contribution is 2.31. The van der Waals surface area contributed by atoms with E-state index in [4.69, 9.17) is 5.14 Å². The van der Waals surface area contributed by atoms with Gasteiger partial charge in [-0.15, -0.1) is 0 Å². The van der Waals surface area contributed by atoms with Crippen LogP contribution in [0.5, 0.6) is 0 Å². The van der Waals surface area contributed by atoms with Crippen molar-refractivity contribution in [3.63, 3.8) is 0 Å². The molecule has 0 aromatic heterocycles. The number of alkyl halides is 4. The van der Waals surface area contributed by atoms with Crippen LogP contribution in [0.3, 0.4) is 0 Å². The summed E-state index contributed by atoms with van der Waals surface area (Å²) in [6, 6.07) is 2.48. The molecular formula is C8H7BrF3NO2S. The summed E-state index contributed by atoms with van der Waals surface area (Å²) in [5.41, 5.74) is -0.840. The quantitative estimate of drug-likeness (QED) is 0.850. The Labute approximate surface area is 98.6 Å². The molecule has 0 amide bonds. The first-order valence-electron chi connectivity index (χ1n) is 3.94. The fourth-order valence-corrected chi connectivity index (χ4v) is 2.00. The molecule has 0 heterocycles. The summed E-state index contributed by atoms with van der Waals surface area (Å²) in [6.07, 6.45) is -4.60. The fourth-order valence-electron chi connectivity index (χ4n) is 1.07. The summed E-state index contributed by atoms with van der Waals surface area (Å²) >= 11 is 2.96. The number of benzene rings is 1. The Morgan fingerprint density at radius 1 is 1.25 bits per heavy atom. The Kier molecular flexibility index (Phi) is 3.65. The zero-order valence-electron chi connectivity index (χ0n) is 7.75. The lowest BCUT2D eigenvalue weighted by molar-refractivity contribution is -0.137. The van der Waals surface area contributed by atoms with Crippen LogP contribution >= 0.6 is 15.9 Å². The maximum Gasteiger partial charge on any atom is 0.416 e. The van der Waals surface area contributed by atoms with Crippen molar-refractivity contribution in [3.8, 4) is 0 Å². The van der Waals surface area contributed by atoms with E-state index in [0.29, 0.717) is 6.07 Å². The first-order valence-corrected chi connectivity index (χ1v) is 6.61. The topological polar surface area (TPSA) is 60.2 Å². The zero-order chi connectivity index (χ0) is 12.6. The van der Waals surface area contributed by atoms with Crippen LogP contribution in [0.25, 0.3) is 0 Å². The number of hydrogen-bond acceptors (Lipinski definition) is 2. The summed E-state index contributed by atoms with van der Waals surface area (Å²) in [6.45, 7) is 0. The summed E-state index contributed by atoms with van der Waals surface area (Å²) in [4.78, 5) is -0.545. The van der Waals surface area contributed by atoms with Crippen molar-refractivity contribution in [2.75, 3.05) is 0 Å². The molecule has 0 saturated carbocycles. The molecule has 90 valence electrons. The molecule has 0 atom stereocenters. The molecule has 0 aliphatic heterocycles. The Morgan fingerprint density at radius 3 is 2.19 bits per heavy atom. The lowest BCUT2D eigenvalue weighted by Crippen LogP contribution is -2.14. The predicted octanol–water partition coefficient (Wildman–Crippen LogP) is 2.25. The molecule has 0 bridgehead atoms. The van der Waals surface area contributed by atoms with E-state index in [1.807, 2.05) is 0 Å². The van der Waals surface area contributed by atoms with Crippen LogP contribution in [0.4, 0.5) is 13.2 Å². The Morgan fingerprint density at radius 2 is 1.81 bits per heavy atom. The van der Waals surface area contributed by atoms with Crippen LogP contribution in [-0.4, -0.2) is 8.42 Å². The van der Waals surface area contributed by atoms with Gasteiger partial charge in [-0.1, -0.05) is 15.9 Å². The molecule has 1 aromatic rings. The van der Waals surface area contributed by atoms with Crippen molar-refractivity contribution in [2.24, 2.45) is 5.14 Å². The Balaban J connectivity index is 3.45. The molecule has 0 fully saturated rings. The molecular weight excluding hydrogens is 311 g/mol. The first kappa shape index (κ1) is 13.5. The first-order chi connectivity index (χ1) is 7.14. The SMILES string of the molecule is NS(=O)(=O)c1cc(CBr)cc(C(F)(F)F)c1. The van der Waals surface area contributed by atoms with Gasteiger partial charge in [0.05, 0.1) is 10.5 Å². The van der Waals surface area contributed by atoms with E-state index in [9.17, 15) is 21.6 Å². The van der Waals surface area contributed by atoms with Crippen molar-refractivity contribution in [1.82, 2.24) is 0 Å². The van der Waals surface area contributed by atoms with Crippen LogP contribution < -0.4 is 5.14 Å². The third kappa shape index (κ3) is 3.19. The van der Waals surface area contributed by atoms with Gasteiger partial charge in [0, 0.05) is 5.33 Å². The van der Waals surface area contributed by atoms with E-state index >= 15 is 0 Å². The summed E-state index contributed by atoms with van der Waals surface area (Å²) < 4.78 is 59.2. The van der Waals surface area contributed by atoms with Gasteiger partial charge in [-0.25, -0.2) is 13.6 Å². The van der Waals surface area contributed by atoms with Crippen molar-refractivity contribution in [1.29, 1.82) is 0 Å². The minimum atomic E-state index is -4.60. The summed E-state index contributed by atoms with van der Waals surface area (Å²) in [7, 11) is -4.14. The van der Waals surface area contributed by atoms with Crippen LogP contribution in [0.15, 0.2) is 23.1 Å². The van der Waals surface area contributed by atoms with E-state index in [1.54, 1.807) is 0 Å². The van der Waals surface area contributed by atoms with Crippen molar-refractivity contribution in [3.05, 3.63) is 29.3 Å².